The number of amides is 1. The Morgan fingerprint density at radius 2 is 2.21 bits per heavy atom. The first-order valence-corrected chi connectivity index (χ1v) is 6.54. The molecule has 0 fully saturated rings. The van der Waals surface area contributed by atoms with Gasteiger partial charge in [0.15, 0.2) is 5.82 Å². The molecule has 0 spiro atoms. The Morgan fingerprint density at radius 3 is 2.89 bits per heavy atom. The van der Waals surface area contributed by atoms with Crippen LogP contribution in [0.25, 0.3) is 0 Å². The molecular formula is C13H10BrClN2O2. The van der Waals surface area contributed by atoms with E-state index in [1.165, 1.54) is 7.11 Å². The van der Waals surface area contributed by atoms with Gasteiger partial charge in [-0.1, -0.05) is 27.5 Å². The molecule has 0 radical (unpaired) electrons. The number of nitrogens with one attached hydrogen (secondary N) is 1. The van der Waals surface area contributed by atoms with Crippen LogP contribution in [0.2, 0.25) is 5.02 Å². The molecule has 0 bridgehead atoms. The van der Waals surface area contributed by atoms with E-state index < -0.39 is 0 Å². The summed E-state index contributed by atoms with van der Waals surface area (Å²) in [6.07, 6.45) is 1.56. The fourth-order valence-corrected chi connectivity index (χ4v) is 2.01. The topological polar surface area (TPSA) is 51.2 Å². The van der Waals surface area contributed by atoms with Gasteiger partial charge < -0.3 is 10.1 Å². The lowest BCUT2D eigenvalue weighted by molar-refractivity contribution is 0.102. The number of carbonyl (C=O) groups excluding carboxylic acids is 1. The van der Waals surface area contributed by atoms with Crippen LogP contribution < -0.4 is 10.1 Å². The van der Waals surface area contributed by atoms with Crippen LogP contribution in [0.1, 0.15) is 10.4 Å². The molecule has 2 rings (SSSR count). The largest absolute Gasteiger partial charge is 0.496 e. The summed E-state index contributed by atoms with van der Waals surface area (Å²) in [7, 11) is 1.51. The van der Waals surface area contributed by atoms with Crippen molar-refractivity contribution in [2.75, 3.05) is 12.4 Å². The number of rotatable bonds is 3. The van der Waals surface area contributed by atoms with E-state index in [4.69, 9.17) is 16.3 Å². The number of hydrogen-bond donors (Lipinski definition) is 1. The predicted molar refractivity (Wildman–Crippen MR) is 77.9 cm³/mol. The van der Waals surface area contributed by atoms with E-state index in [2.05, 4.69) is 26.2 Å². The number of aromatic nitrogens is 1. The molecule has 19 heavy (non-hydrogen) atoms. The zero-order valence-electron chi connectivity index (χ0n) is 9.98. The first-order chi connectivity index (χ1) is 9.11. The van der Waals surface area contributed by atoms with Crippen LogP contribution in [0.3, 0.4) is 0 Å². The molecule has 0 saturated heterocycles. The highest BCUT2D eigenvalue weighted by Crippen LogP contribution is 2.25. The normalized spacial score (nSPS) is 10.1. The summed E-state index contributed by atoms with van der Waals surface area (Å²) in [5.74, 6) is 0.461. The van der Waals surface area contributed by atoms with Crippen molar-refractivity contribution in [3.63, 3.8) is 0 Å². The molecule has 0 aliphatic heterocycles. The molecule has 0 unspecified atom stereocenters. The Labute approximate surface area is 123 Å². The lowest BCUT2D eigenvalue weighted by atomic mass is 10.2. The van der Waals surface area contributed by atoms with Crippen molar-refractivity contribution in [3.05, 3.63) is 51.6 Å². The number of hydrogen-bond acceptors (Lipinski definition) is 3. The molecule has 4 nitrogen and oxygen atoms in total. The van der Waals surface area contributed by atoms with Gasteiger partial charge in [-0.3, -0.25) is 4.79 Å². The Hall–Kier alpha value is -1.59. The first-order valence-electron chi connectivity index (χ1n) is 5.37. The fraction of sp³-hybridized carbons (Fsp3) is 0.0769. The highest BCUT2D eigenvalue weighted by Gasteiger charge is 2.14. The van der Waals surface area contributed by atoms with Crippen LogP contribution >= 0.6 is 27.5 Å². The average molecular weight is 342 g/mol. The van der Waals surface area contributed by atoms with E-state index >= 15 is 0 Å². The van der Waals surface area contributed by atoms with Gasteiger partial charge in [0.2, 0.25) is 0 Å². The quantitative estimate of drug-likeness (QED) is 0.925. The number of halogens is 2. The predicted octanol–water partition coefficient (Wildman–Crippen LogP) is 3.76. The number of methoxy groups -OCH3 is 1. The maximum Gasteiger partial charge on any atom is 0.260 e. The second-order valence-electron chi connectivity index (χ2n) is 3.63. The standard InChI is InChI=1S/C13H10BrClN2O2/c1-19-11-7-8(14)4-5-9(11)13(18)17-12-10(15)3-2-6-16-12/h2-7H,1H3,(H,16,17,18). The highest BCUT2D eigenvalue weighted by molar-refractivity contribution is 9.10. The van der Waals surface area contributed by atoms with Gasteiger partial charge in [0, 0.05) is 10.7 Å². The van der Waals surface area contributed by atoms with E-state index in [1.807, 2.05) is 0 Å². The van der Waals surface area contributed by atoms with Crippen LogP contribution in [-0.4, -0.2) is 18.0 Å². The zero-order chi connectivity index (χ0) is 13.8. The van der Waals surface area contributed by atoms with Crippen LogP contribution in [0.4, 0.5) is 5.82 Å². The van der Waals surface area contributed by atoms with Crippen molar-refractivity contribution in [2.24, 2.45) is 0 Å². The van der Waals surface area contributed by atoms with Gasteiger partial charge in [0.05, 0.1) is 17.7 Å². The molecule has 2 aromatic rings. The average Bonchev–Trinajstić information content (AvgIpc) is 2.41. The highest BCUT2D eigenvalue weighted by atomic mass is 79.9. The monoisotopic (exact) mass is 340 g/mol. The molecule has 1 amide bonds. The van der Waals surface area contributed by atoms with Crippen molar-refractivity contribution in [1.29, 1.82) is 0 Å². The minimum absolute atomic E-state index is 0.319. The smallest absolute Gasteiger partial charge is 0.260 e. The molecule has 1 aromatic carbocycles. The number of benzene rings is 1. The Balaban J connectivity index is 2.28. The summed E-state index contributed by atoms with van der Waals surface area (Å²) in [4.78, 5) is 16.2. The van der Waals surface area contributed by atoms with Crippen molar-refractivity contribution >= 4 is 39.3 Å². The summed E-state index contributed by atoms with van der Waals surface area (Å²) in [6, 6.07) is 8.49. The van der Waals surface area contributed by atoms with Crippen molar-refractivity contribution in [2.45, 2.75) is 0 Å². The van der Waals surface area contributed by atoms with E-state index in [-0.39, 0.29) is 5.91 Å². The Bertz CT molecular complexity index is 619. The van der Waals surface area contributed by atoms with Gasteiger partial charge >= 0.3 is 0 Å². The minimum Gasteiger partial charge on any atom is -0.496 e. The molecule has 0 atom stereocenters. The summed E-state index contributed by atoms with van der Waals surface area (Å²) >= 11 is 9.26. The van der Waals surface area contributed by atoms with E-state index in [1.54, 1.807) is 36.5 Å². The van der Waals surface area contributed by atoms with Crippen LogP contribution in [-0.2, 0) is 0 Å². The second kappa shape index (κ2) is 6.04. The van der Waals surface area contributed by atoms with Crippen LogP contribution in [0.15, 0.2) is 41.0 Å². The number of anilines is 1. The third-order valence-corrected chi connectivity index (χ3v) is 3.20. The van der Waals surface area contributed by atoms with Gasteiger partial charge in [0.25, 0.3) is 5.91 Å². The molecule has 1 N–H and O–H groups in total. The lowest BCUT2D eigenvalue weighted by Crippen LogP contribution is -2.14. The van der Waals surface area contributed by atoms with Gasteiger partial charge in [-0.05, 0) is 30.3 Å². The fourth-order valence-electron chi connectivity index (χ4n) is 1.51. The molecular weight excluding hydrogens is 332 g/mol. The number of ether oxygens (including phenoxy) is 1. The molecule has 98 valence electrons. The third-order valence-electron chi connectivity index (χ3n) is 2.40. The Kier molecular flexibility index (Phi) is 4.39. The molecule has 0 aliphatic carbocycles. The molecule has 0 aliphatic rings. The Morgan fingerprint density at radius 1 is 1.42 bits per heavy atom. The first kappa shape index (κ1) is 13.8. The molecule has 1 aromatic heterocycles. The van der Waals surface area contributed by atoms with Crippen LogP contribution in [0, 0.1) is 0 Å². The van der Waals surface area contributed by atoms with E-state index in [0.717, 1.165) is 4.47 Å². The van der Waals surface area contributed by atoms with E-state index in [9.17, 15) is 4.79 Å². The zero-order valence-corrected chi connectivity index (χ0v) is 12.3. The van der Waals surface area contributed by atoms with Crippen LogP contribution in [0.5, 0.6) is 5.75 Å². The van der Waals surface area contributed by atoms with Gasteiger partial charge in [-0.15, -0.1) is 0 Å². The second-order valence-corrected chi connectivity index (χ2v) is 4.96. The maximum absolute atomic E-state index is 12.2. The van der Waals surface area contributed by atoms with E-state index in [0.29, 0.717) is 22.2 Å². The summed E-state index contributed by atoms with van der Waals surface area (Å²) in [6.45, 7) is 0. The maximum atomic E-state index is 12.2. The SMILES string of the molecule is COc1cc(Br)ccc1C(=O)Nc1ncccc1Cl. The molecule has 6 heteroatoms. The number of carbonyl (C=O) groups is 1. The van der Waals surface area contributed by atoms with Crippen molar-refractivity contribution in [3.8, 4) is 5.75 Å². The summed E-state index contributed by atoms with van der Waals surface area (Å²) in [5, 5.41) is 3.02. The number of nitrogens with zero attached hydrogens (tertiary/aromatic N) is 1. The van der Waals surface area contributed by atoms with Gasteiger partial charge in [-0.25, -0.2) is 4.98 Å². The minimum atomic E-state index is -0.329. The van der Waals surface area contributed by atoms with Crippen molar-refractivity contribution in [1.82, 2.24) is 4.98 Å². The van der Waals surface area contributed by atoms with Gasteiger partial charge in [0.1, 0.15) is 5.75 Å². The van der Waals surface area contributed by atoms with Gasteiger partial charge in [-0.2, -0.15) is 0 Å². The molecule has 0 saturated carbocycles. The molecule has 1 heterocycles. The third kappa shape index (κ3) is 3.24. The summed E-state index contributed by atoms with van der Waals surface area (Å²) in [5.41, 5.74) is 0.410. The summed E-state index contributed by atoms with van der Waals surface area (Å²) < 4.78 is 6.00. The lowest BCUT2D eigenvalue weighted by Gasteiger charge is -2.09. The van der Waals surface area contributed by atoms with Crippen molar-refractivity contribution < 1.29 is 9.53 Å². The number of pyridine rings is 1.